The molecule has 1 aromatic rings. The number of aromatic nitrogens is 2. The van der Waals surface area contributed by atoms with Crippen molar-refractivity contribution in [1.29, 1.82) is 0 Å². The molecule has 1 saturated heterocycles. The second-order valence-electron chi connectivity index (χ2n) is 4.32. The molecule has 0 atom stereocenters. The number of hydrogen-bond acceptors (Lipinski definition) is 3. The third-order valence-corrected chi connectivity index (χ3v) is 2.88. The summed E-state index contributed by atoms with van der Waals surface area (Å²) < 4.78 is 7.26. The van der Waals surface area contributed by atoms with Gasteiger partial charge in [-0.05, 0) is 19.3 Å². The number of amides is 1. The monoisotopic (exact) mass is 237 g/mol. The van der Waals surface area contributed by atoms with Crippen LogP contribution in [0, 0.1) is 0 Å². The number of hydrogen-bond donors (Lipinski definition) is 0. The van der Waals surface area contributed by atoms with E-state index >= 15 is 0 Å². The Morgan fingerprint density at radius 2 is 2.24 bits per heavy atom. The van der Waals surface area contributed by atoms with Crippen molar-refractivity contribution in [2.75, 3.05) is 19.7 Å². The third kappa shape index (κ3) is 3.22. The van der Waals surface area contributed by atoms with Crippen LogP contribution in [0.15, 0.2) is 12.4 Å². The van der Waals surface area contributed by atoms with E-state index in [1.165, 1.54) is 0 Å². The summed E-state index contributed by atoms with van der Waals surface area (Å²) in [5.41, 5.74) is 0. The first-order valence-corrected chi connectivity index (χ1v) is 6.22. The van der Waals surface area contributed by atoms with Crippen LogP contribution in [0.2, 0.25) is 0 Å². The molecule has 1 fully saturated rings. The van der Waals surface area contributed by atoms with Gasteiger partial charge in [0.15, 0.2) is 12.4 Å². The molecule has 17 heavy (non-hydrogen) atoms. The largest absolute Gasteiger partial charge is 0.480 e. The van der Waals surface area contributed by atoms with Gasteiger partial charge in [-0.15, -0.1) is 0 Å². The Bertz CT molecular complexity index is 370. The average molecular weight is 237 g/mol. The smallest absolute Gasteiger partial charge is 0.260 e. The number of nitrogens with zero attached hydrogens (tertiary/aromatic N) is 3. The maximum Gasteiger partial charge on any atom is 0.260 e. The van der Waals surface area contributed by atoms with Gasteiger partial charge in [-0.1, -0.05) is 6.92 Å². The first-order chi connectivity index (χ1) is 8.29. The first kappa shape index (κ1) is 12.0. The molecule has 0 bridgehead atoms. The zero-order valence-electron chi connectivity index (χ0n) is 10.3. The molecule has 94 valence electrons. The van der Waals surface area contributed by atoms with Crippen molar-refractivity contribution in [2.24, 2.45) is 0 Å². The molecular formula is C12H19N3O2. The van der Waals surface area contributed by atoms with E-state index in [4.69, 9.17) is 4.74 Å². The lowest BCUT2D eigenvalue weighted by atomic mass is 10.4. The predicted octanol–water partition coefficient (Wildman–Crippen LogP) is 1.29. The molecule has 0 aliphatic carbocycles. The van der Waals surface area contributed by atoms with Crippen LogP contribution in [-0.2, 0) is 11.3 Å². The molecule has 0 saturated carbocycles. The van der Waals surface area contributed by atoms with Crippen LogP contribution in [0.25, 0.3) is 0 Å². The van der Waals surface area contributed by atoms with Gasteiger partial charge in [0.25, 0.3) is 5.91 Å². The minimum absolute atomic E-state index is 0.0748. The summed E-state index contributed by atoms with van der Waals surface area (Å²) in [4.78, 5) is 13.6. The van der Waals surface area contributed by atoms with Crippen LogP contribution in [-0.4, -0.2) is 40.3 Å². The second kappa shape index (κ2) is 5.70. The van der Waals surface area contributed by atoms with Gasteiger partial charge in [0.05, 0.1) is 12.4 Å². The summed E-state index contributed by atoms with van der Waals surface area (Å²) in [6.45, 7) is 4.84. The number of ether oxygens (including phenoxy) is 1. The van der Waals surface area contributed by atoms with Gasteiger partial charge in [0, 0.05) is 19.6 Å². The fourth-order valence-electron chi connectivity index (χ4n) is 1.97. The van der Waals surface area contributed by atoms with E-state index in [-0.39, 0.29) is 12.5 Å². The fraction of sp³-hybridized carbons (Fsp3) is 0.667. The molecule has 5 heteroatoms. The quantitative estimate of drug-likeness (QED) is 0.775. The van der Waals surface area contributed by atoms with E-state index in [2.05, 4.69) is 12.0 Å². The maximum absolute atomic E-state index is 11.7. The summed E-state index contributed by atoms with van der Waals surface area (Å²) >= 11 is 0. The van der Waals surface area contributed by atoms with Crippen LogP contribution in [0.3, 0.4) is 0 Å². The molecular weight excluding hydrogens is 218 g/mol. The molecule has 2 heterocycles. The molecule has 0 unspecified atom stereocenters. The topological polar surface area (TPSA) is 47.4 Å². The van der Waals surface area contributed by atoms with Gasteiger partial charge in [0.2, 0.25) is 0 Å². The Balaban J connectivity index is 1.78. The van der Waals surface area contributed by atoms with Gasteiger partial charge in [0.1, 0.15) is 0 Å². The molecule has 1 amide bonds. The Hall–Kier alpha value is -1.52. The SMILES string of the molecule is CCCn1cc(OCC(=O)N2CCCC2)cn1. The van der Waals surface area contributed by atoms with E-state index in [1.807, 2.05) is 15.8 Å². The minimum Gasteiger partial charge on any atom is -0.480 e. The zero-order valence-corrected chi connectivity index (χ0v) is 10.3. The Morgan fingerprint density at radius 3 is 2.94 bits per heavy atom. The van der Waals surface area contributed by atoms with Gasteiger partial charge >= 0.3 is 0 Å². The van der Waals surface area contributed by atoms with Crippen molar-refractivity contribution in [3.05, 3.63) is 12.4 Å². The van der Waals surface area contributed by atoms with Crippen LogP contribution < -0.4 is 4.74 Å². The van der Waals surface area contributed by atoms with Gasteiger partial charge in [-0.3, -0.25) is 9.48 Å². The van der Waals surface area contributed by atoms with E-state index in [0.29, 0.717) is 5.75 Å². The Kier molecular flexibility index (Phi) is 4.01. The summed E-state index contributed by atoms with van der Waals surface area (Å²) in [5.74, 6) is 0.747. The third-order valence-electron chi connectivity index (χ3n) is 2.88. The highest BCUT2D eigenvalue weighted by Crippen LogP contribution is 2.11. The van der Waals surface area contributed by atoms with Crippen molar-refractivity contribution in [1.82, 2.24) is 14.7 Å². The van der Waals surface area contributed by atoms with Crippen molar-refractivity contribution >= 4 is 5.91 Å². The molecule has 0 radical (unpaired) electrons. The summed E-state index contributed by atoms with van der Waals surface area (Å²) in [6, 6.07) is 0. The number of carbonyl (C=O) groups excluding carboxylic acids is 1. The predicted molar refractivity (Wildman–Crippen MR) is 63.8 cm³/mol. The highest BCUT2D eigenvalue weighted by Gasteiger charge is 2.18. The maximum atomic E-state index is 11.7. The summed E-state index contributed by atoms with van der Waals surface area (Å²) in [5, 5.41) is 4.15. The van der Waals surface area contributed by atoms with Crippen molar-refractivity contribution in [2.45, 2.75) is 32.7 Å². The van der Waals surface area contributed by atoms with E-state index in [9.17, 15) is 4.79 Å². The van der Waals surface area contributed by atoms with Crippen molar-refractivity contribution in [3.8, 4) is 5.75 Å². The van der Waals surface area contributed by atoms with E-state index < -0.39 is 0 Å². The van der Waals surface area contributed by atoms with Crippen LogP contribution >= 0.6 is 0 Å². The van der Waals surface area contributed by atoms with Crippen LogP contribution in [0.5, 0.6) is 5.75 Å². The lowest BCUT2D eigenvalue weighted by molar-refractivity contribution is -0.132. The number of rotatable bonds is 5. The Labute approximate surface area is 101 Å². The van der Waals surface area contributed by atoms with Gasteiger partial charge in [-0.2, -0.15) is 5.10 Å². The lowest BCUT2D eigenvalue weighted by Gasteiger charge is -2.14. The molecule has 0 aromatic carbocycles. The summed E-state index contributed by atoms with van der Waals surface area (Å²) in [6.07, 6.45) is 6.75. The number of likely N-dealkylation sites (tertiary alicyclic amines) is 1. The van der Waals surface area contributed by atoms with Crippen LogP contribution in [0.4, 0.5) is 0 Å². The Morgan fingerprint density at radius 1 is 1.47 bits per heavy atom. The zero-order chi connectivity index (χ0) is 12.1. The van der Waals surface area contributed by atoms with Crippen molar-refractivity contribution in [3.63, 3.8) is 0 Å². The molecule has 1 aliphatic rings. The standard InChI is InChI=1S/C12H19N3O2/c1-2-5-15-9-11(8-13-15)17-10-12(16)14-6-3-4-7-14/h8-9H,2-7,10H2,1H3. The van der Waals surface area contributed by atoms with Crippen molar-refractivity contribution < 1.29 is 9.53 Å². The van der Waals surface area contributed by atoms with Crippen LogP contribution in [0.1, 0.15) is 26.2 Å². The number of aryl methyl sites for hydroxylation is 1. The molecule has 2 rings (SSSR count). The molecule has 0 N–H and O–H groups in total. The second-order valence-corrected chi connectivity index (χ2v) is 4.32. The molecule has 1 aliphatic heterocycles. The molecule has 1 aromatic heterocycles. The summed E-state index contributed by atoms with van der Waals surface area (Å²) in [7, 11) is 0. The average Bonchev–Trinajstić information content (AvgIpc) is 2.97. The first-order valence-electron chi connectivity index (χ1n) is 6.22. The van der Waals surface area contributed by atoms with E-state index in [1.54, 1.807) is 6.20 Å². The molecule has 5 nitrogen and oxygen atoms in total. The minimum atomic E-state index is 0.0748. The molecule has 0 spiro atoms. The normalized spacial score (nSPS) is 15.2. The number of carbonyl (C=O) groups is 1. The highest BCUT2D eigenvalue weighted by atomic mass is 16.5. The van der Waals surface area contributed by atoms with E-state index in [0.717, 1.165) is 38.9 Å². The van der Waals surface area contributed by atoms with Gasteiger partial charge in [-0.25, -0.2) is 0 Å². The lowest BCUT2D eigenvalue weighted by Crippen LogP contribution is -2.32. The highest BCUT2D eigenvalue weighted by molar-refractivity contribution is 5.77. The van der Waals surface area contributed by atoms with Gasteiger partial charge < -0.3 is 9.64 Å². The fourth-order valence-corrected chi connectivity index (χ4v) is 1.97.